The van der Waals surface area contributed by atoms with Gasteiger partial charge in [-0.2, -0.15) is 0 Å². The van der Waals surface area contributed by atoms with Crippen LogP contribution in [0.5, 0.6) is 5.75 Å². The zero-order valence-electron chi connectivity index (χ0n) is 12.8. The van der Waals surface area contributed by atoms with Gasteiger partial charge in [-0.25, -0.2) is 0 Å². The highest BCUT2D eigenvalue weighted by molar-refractivity contribution is 5.58. The maximum Gasteiger partial charge on any atom is 0.142 e. The fraction of sp³-hybridized carbons (Fsp3) is 0.647. The van der Waals surface area contributed by atoms with E-state index in [1.807, 2.05) is 0 Å². The lowest BCUT2D eigenvalue weighted by Crippen LogP contribution is -2.43. The summed E-state index contributed by atoms with van der Waals surface area (Å²) in [6.07, 6.45) is 4.65. The van der Waals surface area contributed by atoms with E-state index in [0.717, 1.165) is 31.9 Å². The molecule has 0 aromatic heterocycles. The average molecular weight is 276 g/mol. The van der Waals surface area contributed by atoms with Gasteiger partial charge < -0.3 is 15.4 Å². The van der Waals surface area contributed by atoms with E-state index in [1.165, 1.54) is 24.9 Å². The molecule has 3 nitrogen and oxygen atoms in total. The second-order valence-corrected chi connectivity index (χ2v) is 5.81. The molecule has 0 spiro atoms. The standard InChI is InChI=1S/C17H28N2O/c1-3-14(4-2)13-20-17-10-6-5-9-16(17)19-11-7-8-15(18)12-19/h5-6,9-10,14-15H,3-4,7-8,11-13,18H2,1-2H3. The van der Waals surface area contributed by atoms with Crippen LogP contribution in [0.25, 0.3) is 0 Å². The summed E-state index contributed by atoms with van der Waals surface area (Å²) in [7, 11) is 0. The fourth-order valence-corrected chi connectivity index (χ4v) is 2.80. The molecule has 0 saturated carbocycles. The Balaban J connectivity index is 2.05. The van der Waals surface area contributed by atoms with E-state index in [-0.39, 0.29) is 6.04 Å². The molecule has 1 atom stereocenters. The summed E-state index contributed by atoms with van der Waals surface area (Å²) in [6.45, 7) is 7.29. The number of nitrogens with zero attached hydrogens (tertiary/aromatic N) is 1. The van der Waals surface area contributed by atoms with Gasteiger partial charge in [0.25, 0.3) is 0 Å². The summed E-state index contributed by atoms with van der Waals surface area (Å²) in [6, 6.07) is 8.66. The fourth-order valence-electron chi connectivity index (χ4n) is 2.80. The zero-order chi connectivity index (χ0) is 14.4. The Labute approximate surface area is 123 Å². The lowest BCUT2D eigenvalue weighted by Gasteiger charge is -2.33. The van der Waals surface area contributed by atoms with E-state index in [1.54, 1.807) is 0 Å². The van der Waals surface area contributed by atoms with Crippen LogP contribution in [-0.2, 0) is 0 Å². The van der Waals surface area contributed by atoms with Crippen molar-refractivity contribution in [1.82, 2.24) is 0 Å². The topological polar surface area (TPSA) is 38.5 Å². The van der Waals surface area contributed by atoms with Crippen molar-refractivity contribution in [2.24, 2.45) is 11.7 Å². The number of nitrogens with two attached hydrogens (primary N) is 1. The first-order chi connectivity index (χ1) is 9.74. The molecule has 0 bridgehead atoms. The normalized spacial score (nSPS) is 19.4. The van der Waals surface area contributed by atoms with Crippen LogP contribution >= 0.6 is 0 Å². The molecule has 1 unspecified atom stereocenters. The summed E-state index contributed by atoms with van der Waals surface area (Å²) in [5, 5.41) is 0. The van der Waals surface area contributed by atoms with Gasteiger partial charge in [-0.15, -0.1) is 0 Å². The molecule has 1 heterocycles. The quantitative estimate of drug-likeness (QED) is 0.865. The number of hydrogen-bond donors (Lipinski definition) is 1. The number of para-hydroxylation sites is 2. The van der Waals surface area contributed by atoms with Crippen LogP contribution in [0.3, 0.4) is 0 Å². The van der Waals surface area contributed by atoms with Crippen LogP contribution in [0.4, 0.5) is 5.69 Å². The number of rotatable bonds is 6. The highest BCUT2D eigenvalue weighted by atomic mass is 16.5. The zero-order valence-corrected chi connectivity index (χ0v) is 12.8. The summed E-state index contributed by atoms with van der Waals surface area (Å²) < 4.78 is 6.09. The molecule has 2 rings (SSSR count). The average Bonchev–Trinajstić information content (AvgIpc) is 2.49. The molecule has 1 saturated heterocycles. The molecule has 1 aromatic rings. The minimum Gasteiger partial charge on any atom is -0.491 e. The monoisotopic (exact) mass is 276 g/mol. The third kappa shape index (κ3) is 3.89. The maximum absolute atomic E-state index is 6.10. The molecule has 20 heavy (non-hydrogen) atoms. The summed E-state index contributed by atoms with van der Waals surface area (Å²) in [4.78, 5) is 2.37. The van der Waals surface area contributed by atoms with Crippen molar-refractivity contribution in [3.8, 4) is 5.75 Å². The van der Waals surface area contributed by atoms with E-state index in [9.17, 15) is 0 Å². The van der Waals surface area contributed by atoms with Gasteiger partial charge in [0.15, 0.2) is 0 Å². The van der Waals surface area contributed by atoms with Crippen molar-refractivity contribution in [1.29, 1.82) is 0 Å². The lowest BCUT2D eigenvalue weighted by molar-refractivity contribution is 0.240. The highest BCUT2D eigenvalue weighted by Gasteiger charge is 2.19. The first-order valence-electron chi connectivity index (χ1n) is 7.97. The van der Waals surface area contributed by atoms with Gasteiger partial charge in [0.2, 0.25) is 0 Å². The molecular weight excluding hydrogens is 248 g/mol. The van der Waals surface area contributed by atoms with Crippen LogP contribution in [0.2, 0.25) is 0 Å². The third-order valence-corrected chi connectivity index (χ3v) is 4.29. The van der Waals surface area contributed by atoms with Crippen molar-refractivity contribution in [3.63, 3.8) is 0 Å². The molecule has 1 fully saturated rings. The first-order valence-corrected chi connectivity index (χ1v) is 7.97. The van der Waals surface area contributed by atoms with Crippen LogP contribution in [0, 0.1) is 5.92 Å². The molecule has 0 amide bonds. The van der Waals surface area contributed by atoms with E-state index in [2.05, 4.69) is 43.0 Å². The molecular formula is C17H28N2O. The maximum atomic E-state index is 6.10. The number of anilines is 1. The predicted molar refractivity (Wildman–Crippen MR) is 85.4 cm³/mol. The van der Waals surface area contributed by atoms with Gasteiger partial charge in [-0.05, 0) is 30.9 Å². The number of piperidine rings is 1. The second-order valence-electron chi connectivity index (χ2n) is 5.81. The second kappa shape index (κ2) is 7.53. The van der Waals surface area contributed by atoms with E-state index >= 15 is 0 Å². The van der Waals surface area contributed by atoms with E-state index < -0.39 is 0 Å². The van der Waals surface area contributed by atoms with Crippen LogP contribution in [0.1, 0.15) is 39.5 Å². The molecule has 112 valence electrons. The van der Waals surface area contributed by atoms with E-state index in [4.69, 9.17) is 10.5 Å². The van der Waals surface area contributed by atoms with Gasteiger partial charge in [0.1, 0.15) is 5.75 Å². The van der Waals surface area contributed by atoms with Crippen LogP contribution < -0.4 is 15.4 Å². The number of hydrogen-bond acceptors (Lipinski definition) is 3. The Hall–Kier alpha value is -1.22. The molecule has 1 aromatic carbocycles. The van der Waals surface area contributed by atoms with Crippen LogP contribution in [0.15, 0.2) is 24.3 Å². The van der Waals surface area contributed by atoms with Crippen molar-refractivity contribution in [2.75, 3.05) is 24.6 Å². The van der Waals surface area contributed by atoms with Crippen molar-refractivity contribution >= 4 is 5.69 Å². The molecule has 0 aliphatic carbocycles. The van der Waals surface area contributed by atoms with E-state index in [0.29, 0.717) is 5.92 Å². The molecule has 3 heteroatoms. The minimum atomic E-state index is 0.288. The van der Waals surface area contributed by atoms with Crippen LogP contribution in [-0.4, -0.2) is 25.7 Å². The largest absolute Gasteiger partial charge is 0.491 e. The molecule has 2 N–H and O–H groups in total. The Morgan fingerprint density at radius 3 is 2.75 bits per heavy atom. The Kier molecular flexibility index (Phi) is 5.72. The Morgan fingerprint density at radius 1 is 1.30 bits per heavy atom. The SMILES string of the molecule is CCC(CC)COc1ccccc1N1CCCC(N)C1. The molecule has 0 radical (unpaired) electrons. The molecule has 1 aliphatic rings. The van der Waals surface area contributed by atoms with Gasteiger partial charge in [-0.3, -0.25) is 0 Å². The smallest absolute Gasteiger partial charge is 0.142 e. The van der Waals surface area contributed by atoms with Gasteiger partial charge >= 0.3 is 0 Å². The van der Waals surface area contributed by atoms with Gasteiger partial charge in [0.05, 0.1) is 12.3 Å². The van der Waals surface area contributed by atoms with Gasteiger partial charge in [-0.1, -0.05) is 38.8 Å². The van der Waals surface area contributed by atoms with Gasteiger partial charge in [0, 0.05) is 19.1 Å². The predicted octanol–water partition coefficient (Wildman–Crippen LogP) is 3.43. The molecule has 1 aliphatic heterocycles. The number of ether oxygens (including phenoxy) is 1. The summed E-state index contributed by atoms with van der Waals surface area (Å²) in [5.74, 6) is 1.65. The highest BCUT2D eigenvalue weighted by Crippen LogP contribution is 2.30. The summed E-state index contributed by atoms with van der Waals surface area (Å²) >= 11 is 0. The third-order valence-electron chi connectivity index (χ3n) is 4.29. The number of benzene rings is 1. The minimum absolute atomic E-state index is 0.288. The lowest BCUT2D eigenvalue weighted by atomic mass is 10.0. The summed E-state index contributed by atoms with van der Waals surface area (Å²) in [5.41, 5.74) is 7.30. The Morgan fingerprint density at radius 2 is 2.05 bits per heavy atom. The Bertz CT molecular complexity index is 404. The van der Waals surface area contributed by atoms with Crippen molar-refractivity contribution < 1.29 is 4.74 Å². The first kappa shape index (κ1) is 15.2. The van der Waals surface area contributed by atoms with Crippen molar-refractivity contribution in [2.45, 2.75) is 45.6 Å². The van der Waals surface area contributed by atoms with Crippen molar-refractivity contribution in [3.05, 3.63) is 24.3 Å².